The van der Waals surface area contributed by atoms with Crippen LogP contribution in [0.15, 0.2) is 0 Å². The Morgan fingerprint density at radius 1 is 1.17 bits per heavy atom. The molecular formula is H7AlBaFLaNaZr. The van der Waals surface area contributed by atoms with E-state index in [1.807, 2.05) is 0 Å². The first-order chi connectivity index (χ1) is 0. The van der Waals surface area contributed by atoms with Crippen LogP contribution >= 0.6 is 0 Å². The summed E-state index contributed by atoms with van der Waals surface area (Å²) in [6.45, 7) is 0. The zero-order valence-corrected chi connectivity index (χ0v) is 15.7. The van der Waals surface area contributed by atoms with E-state index in [0.717, 1.165) is 0 Å². The molecule has 0 N–H and O–H groups in total. The second-order valence-corrected chi connectivity index (χ2v) is 0. The first kappa shape index (κ1) is 43.5. The SMILES string of the molecule is F.[AlH3].[Ba+2].[H-].[H-].[H-].[La].[Na+].[Zr]. The van der Waals surface area contributed by atoms with Crippen LogP contribution in [-0.2, 0) is 26.2 Å². The van der Waals surface area contributed by atoms with Crippen LogP contribution in [0.5, 0.6) is 0 Å². The molecular weight excluding hydrogens is 436 g/mol. The Bertz CT molecular complexity index is 23.8. The predicted molar refractivity (Wildman–Crippen MR) is 21.5 cm³/mol. The molecule has 0 aromatic carbocycles. The second-order valence-electron chi connectivity index (χ2n) is 0. The van der Waals surface area contributed by atoms with E-state index in [2.05, 4.69) is 0 Å². The van der Waals surface area contributed by atoms with Crippen molar-refractivity contribution in [2.45, 2.75) is 0 Å². The average Bonchev–Trinajstić information content (AvgIpc) is 0. The monoisotopic (exact) mass is 443 g/mol. The summed E-state index contributed by atoms with van der Waals surface area (Å²) in [4.78, 5) is 0. The summed E-state index contributed by atoms with van der Waals surface area (Å²) >= 11 is 0. The van der Waals surface area contributed by atoms with Gasteiger partial charge >= 0.3 is 78.4 Å². The first-order valence-corrected chi connectivity index (χ1v) is 0. The largest absolute Gasteiger partial charge is 2.00 e. The minimum absolute atomic E-state index is 0. The van der Waals surface area contributed by atoms with Crippen molar-refractivity contribution in [2.75, 3.05) is 0 Å². The molecule has 0 aromatic rings. The molecule has 0 aliphatic carbocycles. The van der Waals surface area contributed by atoms with E-state index in [1.54, 1.807) is 0 Å². The quantitative estimate of drug-likeness (QED) is 0.335. The van der Waals surface area contributed by atoms with Gasteiger partial charge < -0.3 is 4.28 Å². The molecule has 6 heavy (non-hydrogen) atoms. The summed E-state index contributed by atoms with van der Waals surface area (Å²) in [6.07, 6.45) is 0. The van der Waals surface area contributed by atoms with Crippen molar-refractivity contribution in [3.63, 3.8) is 0 Å². The summed E-state index contributed by atoms with van der Waals surface area (Å²) in [5, 5.41) is 0. The molecule has 0 unspecified atom stereocenters. The summed E-state index contributed by atoms with van der Waals surface area (Å²) < 4.78 is 0. The molecule has 0 aromatic heterocycles. The molecule has 0 saturated heterocycles. The fourth-order valence-corrected chi connectivity index (χ4v) is 0. The number of hydrogen-bond donors (Lipinski definition) is 0. The molecule has 0 atom stereocenters. The van der Waals surface area contributed by atoms with Gasteiger partial charge in [0.1, 0.15) is 0 Å². The molecule has 0 heterocycles. The predicted octanol–water partition coefficient (Wildman–Crippen LogP) is -4.07. The molecule has 0 bridgehead atoms. The molecule has 0 rings (SSSR count). The van der Waals surface area contributed by atoms with Crippen molar-refractivity contribution in [1.82, 2.24) is 0 Å². The van der Waals surface area contributed by atoms with Gasteiger partial charge in [-0.05, 0) is 0 Å². The van der Waals surface area contributed by atoms with E-state index < -0.39 is 0 Å². The Balaban J connectivity index is 0. The van der Waals surface area contributed by atoms with E-state index in [9.17, 15) is 0 Å². The van der Waals surface area contributed by atoms with Gasteiger partial charge in [0.25, 0.3) is 0 Å². The maximum Gasteiger partial charge on any atom is 2.00 e. The van der Waals surface area contributed by atoms with Crippen LogP contribution in [0.4, 0.5) is 4.70 Å². The minimum atomic E-state index is 0. The van der Waals surface area contributed by atoms with Gasteiger partial charge in [0, 0.05) is 61.8 Å². The molecule has 0 aliphatic heterocycles. The maximum atomic E-state index is 0. The van der Waals surface area contributed by atoms with Crippen LogP contribution in [0.3, 0.4) is 0 Å². The molecule has 27 valence electrons. The third-order valence-electron chi connectivity index (χ3n) is 0. The second kappa shape index (κ2) is 32.1. The van der Waals surface area contributed by atoms with Crippen LogP contribution in [-0.4, -0.2) is 66.2 Å². The Hall–Kier alpha value is 5.11. The molecule has 1 radical (unpaired) electrons. The van der Waals surface area contributed by atoms with E-state index >= 15 is 0 Å². The number of halogens is 1. The smallest absolute Gasteiger partial charge is 1.00 e. The van der Waals surface area contributed by atoms with Gasteiger partial charge in [0.2, 0.25) is 0 Å². The third kappa shape index (κ3) is 22.9. The normalized spacial score (nSPS) is 0. The van der Waals surface area contributed by atoms with Crippen LogP contribution < -0.4 is 29.6 Å². The van der Waals surface area contributed by atoms with E-state index in [-0.39, 0.29) is 167 Å². The van der Waals surface area contributed by atoms with Crippen molar-refractivity contribution in [1.29, 1.82) is 0 Å². The van der Waals surface area contributed by atoms with Crippen molar-refractivity contribution >= 4 is 66.2 Å². The van der Waals surface area contributed by atoms with Gasteiger partial charge in [-0.1, -0.05) is 0 Å². The summed E-state index contributed by atoms with van der Waals surface area (Å²) in [6, 6.07) is 0. The van der Waals surface area contributed by atoms with Crippen LogP contribution in [0.25, 0.3) is 0 Å². The van der Waals surface area contributed by atoms with Crippen LogP contribution in [0.2, 0.25) is 0 Å². The van der Waals surface area contributed by atoms with Gasteiger partial charge in [-0.25, -0.2) is 0 Å². The standard InChI is InChI=1S/Al.Ba.FH.La.Na.Zr.6H/h;;1H;;;;;;;;;/q;+2;;;+1;;;;;3*-1. The maximum absolute atomic E-state index is 0. The molecule has 6 heteroatoms. The van der Waals surface area contributed by atoms with Crippen molar-refractivity contribution < 1.29 is 100 Å². The molecule has 0 nitrogen and oxygen atoms in total. The zero-order valence-electron chi connectivity index (χ0n) is 6.19. The topological polar surface area (TPSA) is 0 Å². The van der Waals surface area contributed by atoms with Crippen molar-refractivity contribution in [3.05, 3.63) is 0 Å². The summed E-state index contributed by atoms with van der Waals surface area (Å²) in [5.41, 5.74) is 0. The van der Waals surface area contributed by atoms with Crippen LogP contribution in [0, 0.1) is 35.6 Å². The molecule has 0 fully saturated rings. The number of rotatable bonds is 0. The van der Waals surface area contributed by atoms with Gasteiger partial charge in [-0.3, -0.25) is 4.70 Å². The fourth-order valence-electron chi connectivity index (χ4n) is 0. The molecule has 0 amide bonds. The van der Waals surface area contributed by atoms with Crippen molar-refractivity contribution in [2.24, 2.45) is 0 Å². The fraction of sp³-hybridized carbons (Fsp3) is 0. The van der Waals surface area contributed by atoms with Crippen LogP contribution in [0.1, 0.15) is 4.28 Å². The molecule has 0 saturated carbocycles. The minimum Gasteiger partial charge on any atom is -1.00 e. The van der Waals surface area contributed by atoms with Gasteiger partial charge in [0.15, 0.2) is 17.4 Å². The molecule has 0 aliphatic rings. The average molecular weight is 443 g/mol. The molecule has 0 spiro atoms. The Morgan fingerprint density at radius 2 is 1.17 bits per heavy atom. The van der Waals surface area contributed by atoms with E-state index in [0.29, 0.717) is 0 Å². The Kier molecular flexibility index (Phi) is 233. The Labute approximate surface area is 162 Å². The number of hydrogen-bond acceptors (Lipinski definition) is 0. The summed E-state index contributed by atoms with van der Waals surface area (Å²) in [5.74, 6) is 0. The van der Waals surface area contributed by atoms with E-state index in [4.69, 9.17) is 0 Å². The van der Waals surface area contributed by atoms with E-state index in [1.165, 1.54) is 0 Å². The first-order valence-electron chi connectivity index (χ1n) is 0. The zero-order chi connectivity index (χ0) is 0. The third-order valence-corrected chi connectivity index (χ3v) is 0. The Morgan fingerprint density at radius 3 is 1.17 bits per heavy atom. The van der Waals surface area contributed by atoms with Gasteiger partial charge in [-0.2, -0.15) is 0 Å². The summed E-state index contributed by atoms with van der Waals surface area (Å²) in [7, 11) is 0. The van der Waals surface area contributed by atoms with Crippen molar-refractivity contribution in [3.8, 4) is 0 Å². The van der Waals surface area contributed by atoms with Gasteiger partial charge in [0.05, 0.1) is 0 Å². The van der Waals surface area contributed by atoms with Gasteiger partial charge in [-0.15, -0.1) is 0 Å².